The molecule has 0 radical (unpaired) electrons. The van der Waals surface area contributed by atoms with E-state index in [0.29, 0.717) is 23.3 Å². The molecule has 1 aliphatic heterocycles. The summed E-state index contributed by atoms with van der Waals surface area (Å²) in [5, 5.41) is 7.66. The lowest BCUT2D eigenvalue weighted by Crippen LogP contribution is -2.36. The van der Waals surface area contributed by atoms with Crippen LogP contribution < -0.4 is 16.0 Å². The number of piperidine rings is 1. The second-order valence-electron chi connectivity index (χ2n) is 12.8. The van der Waals surface area contributed by atoms with Crippen LogP contribution in [-0.2, 0) is 6.54 Å². The second kappa shape index (κ2) is 11.5. The van der Waals surface area contributed by atoms with Crippen LogP contribution in [0.15, 0.2) is 33.8 Å². The zero-order valence-corrected chi connectivity index (χ0v) is 24.6. The number of nitrogens with one attached hydrogen (secondary N) is 2. The molecule has 7 rings (SSSR count). The molecule has 11 nitrogen and oxygen atoms in total. The minimum atomic E-state index is -0.628. The summed E-state index contributed by atoms with van der Waals surface area (Å²) in [6.07, 6.45) is 15.8. The molecular formula is C31H41N9O2. The van der Waals surface area contributed by atoms with Gasteiger partial charge in [-0.3, -0.25) is 14.5 Å². The van der Waals surface area contributed by atoms with Crippen LogP contribution in [0.1, 0.15) is 89.7 Å². The normalized spacial score (nSPS) is 24.0. The van der Waals surface area contributed by atoms with Crippen LogP contribution in [0.3, 0.4) is 0 Å². The fraction of sp³-hybridized carbons (Fsp3) is 0.613. The van der Waals surface area contributed by atoms with Crippen LogP contribution in [0.4, 0.5) is 11.8 Å². The molecule has 0 aromatic carbocycles. The fourth-order valence-corrected chi connectivity index (χ4v) is 7.08. The van der Waals surface area contributed by atoms with Gasteiger partial charge in [0, 0.05) is 31.5 Å². The molecule has 2 atom stereocenters. The molecule has 1 saturated heterocycles. The number of rotatable bonds is 8. The van der Waals surface area contributed by atoms with Crippen molar-refractivity contribution in [3.05, 3.63) is 40.6 Å². The molecule has 42 heavy (non-hydrogen) atoms. The maximum Gasteiger partial charge on any atom is 0.439 e. The number of hydrogen-bond donors (Lipinski definition) is 2. The number of anilines is 2. The Morgan fingerprint density at radius 3 is 2.64 bits per heavy atom. The number of imidazole rings is 1. The molecular weight excluding hydrogens is 530 g/mol. The van der Waals surface area contributed by atoms with Crippen LogP contribution >= 0.6 is 0 Å². The summed E-state index contributed by atoms with van der Waals surface area (Å²) in [6.45, 7) is 6.41. The lowest BCUT2D eigenvalue weighted by atomic mass is 9.80. The van der Waals surface area contributed by atoms with Gasteiger partial charge >= 0.3 is 5.76 Å². The molecule has 4 aromatic rings. The van der Waals surface area contributed by atoms with E-state index in [4.69, 9.17) is 19.5 Å². The lowest BCUT2D eigenvalue weighted by Gasteiger charge is -2.37. The maximum atomic E-state index is 11.8. The van der Waals surface area contributed by atoms with Gasteiger partial charge in [0.1, 0.15) is 5.52 Å². The Kier molecular flexibility index (Phi) is 7.41. The van der Waals surface area contributed by atoms with Gasteiger partial charge in [-0.25, -0.2) is 14.8 Å². The number of fused-ring (bicyclic) bond motifs is 1. The summed E-state index contributed by atoms with van der Waals surface area (Å²) < 4.78 is 7.21. The molecule has 2 saturated carbocycles. The molecule has 0 bridgehead atoms. The highest BCUT2D eigenvalue weighted by Crippen LogP contribution is 2.40. The highest BCUT2D eigenvalue weighted by atomic mass is 16.5. The number of aromatic nitrogens is 7. The Labute approximate surface area is 245 Å². The molecule has 2 N–H and O–H groups in total. The fourth-order valence-electron chi connectivity index (χ4n) is 7.08. The van der Waals surface area contributed by atoms with Crippen molar-refractivity contribution >= 4 is 22.9 Å². The van der Waals surface area contributed by atoms with Gasteiger partial charge in [0.25, 0.3) is 0 Å². The van der Waals surface area contributed by atoms with E-state index in [1.807, 2.05) is 18.5 Å². The molecule has 3 aliphatic rings. The van der Waals surface area contributed by atoms with Crippen LogP contribution in [0.25, 0.3) is 22.8 Å². The Hall–Kier alpha value is -3.76. The Morgan fingerprint density at radius 1 is 1.07 bits per heavy atom. The van der Waals surface area contributed by atoms with Crippen LogP contribution in [0.2, 0.25) is 0 Å². The van der Waals surface area contributed by atoms with E-state index in [-0.39, 0.29) is 17.9 Å². The zero-order valence-electron chi connectivity index (χ0n) is 24.6. The first-order valence-electron chi connectivity index (χ1n) is 15.8. The zero-order chi connectivity index (χ0) is 28.6. The third-order valence-electron chi connectivity index (χ3n) is 9.86. The van der Waals surface area contributed by atoms with E-state index in [9.17, 15) is 4.79 Å². The third kappa shape index (κ3) is 5.29. The summed E-state index contributed by atoms with van der Waals surface area (Å²) in [5.74, 6) is 3.55. The minimum Gasteiger partial charge on any atom is -0.365 e. The monoisotopic (exact) mass is 571 g/mol. The van der Waals surface area contributed by atoms with Crippen LogP contribution in [0.5, 0.6) is 0 Å². The van der Waals surface area contributed by atoms with Crippen molar-refractivity contribution in [2.24, 2.45) is 17.8 Å². The minimum absolute atomic E-state index is 0.194. The topological polar surface area (TPSA) is 131 Å². The molecule has 4 aromatic heterocycles. The van der Waals surface area contributed by atoms with E-state index < -0.39 is 5.76 Å². The molecule has 222 valence electrons. The van der Waals surface area contributed by atoms with Gasteiger partial charge in [-0.05, 0) is 81.3 Å². The van der Waals surface area contributed by atoms with Gasteiger partial charge in [-0.1, -0.05) is 37.4 Å². The van der Waals surface area contributed by atoms with E-state index in [0.717, 1.165) is 49.1 Å². The number of H-pyrrole nitrogens is 1. The Morgan fingerprint density at radius 2 is 1.93 bits per heavy atom. The predicted octanol–water partition coefficient (Wildman–Crippen LogP) is 5.72. The molecule has 5 heterocycles. The van der Waals surface area contributed by atoms with Crippen LogP contribution in [0, 0.1) is 17.8 Å². The Bertz CT molecular complexity index is 1570. The predicted molar refractivity (Wildman–Crippen MR) is 161 cm³/mol. The largest absolute Gasteiger partial charge is 0.439 e. The van der Waals surface area contributed by atoms with Crippen LogP contribution in [-0.4, -0.2) is 47.2 Å². The highest BCUT2D eigenvalue weighted by Gasteiger charge is 2.33. The van der Waals surface area contributed by atoms with Crippen molar-refractivity contribution in [2.45, 2.75) is 96.7 Å². The molecule has 3 fully saturated rings. The van der Waals surface area contributed by atoms with Crippen molar-refractivity contribution < 1.29 is 4.52 Å². The molecule has 2 aliphatic carbocycles. The summed E-state index contributed by atoms with van der Waals surface area (Å²) >= 11 is 0. The van der Waals surface area contributed by atoms with Gasteiger partial charge in [0.15, 0.2) is 11.5 Å². The summed E-state index contributed by atoms with van der Waals surface area (Å²) in [7, 11) is 0. The summed E-state index contributed by atoms with van der Waals surface area (Å²) in [4.78, 5) is 36.4. The van der Waals surface area contributed by atoms with Gasteiger partial charge < -0.3 is 14.8 Å². The third-order valence-corrected chi connectivity index (χ3v) is 9.86. The number of hydrogen-bond acceptors (Lipinski definition) is 9. The maximum absolute atomic E-state index is 11.8. The van der Waals surface area contributed by atoms with E-state index >= 15 is 0 Å². The summed E-state index contributed by atoms with van der Waals surface area (Å²) in [5.41, 5.74) is 2.76. The van der Waals surface area contributed by atoms with Crippen molar-refractivity contribution in [3.8, 4) is 11.6 Å². The van der Waals surface area contributed by atoms with Crippen molar-refractivity contribution in [1.82, 2.24) is 34.6 Å². The average molecular weight is 572 g/mol. The Balaban J connectivity index is 1.38. The molecule has 11 heteroatoms. The smallest absolute Gasteiger partial charge is 0.365 e. The average Bonchev–Trinajstić information content (AvgIpc) is 3.57. The van der Waals surface area contributed by atoms with Gasteiger partial charge in [-0.2, -0.15) is 4.98 Å². The molecule has 0 amide bonds. The van der Waals surface area contributed by atoms with Gasteiger partial charge in [0.05, 0.1) is 6.04 Å². The van der Waals surface area contributed by atoms with Crippen molar-refractivity contribution in [2.75, 3.05) is 16.8 Å². The SMILES string of the molecule is CC1CCC(Cn2c(N3CCCCC3c3cccnc3)nc3nc(-c4noc(=O)[nH]4)nc(N[C@H](C)C4CCC4)c32)CC1. The van der Waals surface area contributed by atoms with E-state index in [1.54, 1.807) is 0 Å². The number of pyridine rings is 1. The summed E-state index contributed by atoms with van der Waals surface area (Å²) in [6, 6.07) is 4.65. The van der Waals surface area contributed by atoms with Gasteiger partial charge in [-0.15, -0.1) is 0 Å². The highest BCUT2D eigenvalue weighted by molar-refractivity contribution is 5.87. The van der Waals surface area contributed by atoms with Crippen molar-refractivity contribution in [1.29, 1.82) is 0 Å². The van der Waals surface area contributed by atoms with Gasteiger partial charge in [0.2, 0.25) is 17.6 Å². The lowest BCUT2D eigenvalue weighted by molar-refractivity contribution is 0.266. The number of nitrogens with zero attached hydrogens (tertiary/aromatic N) is 7. The quantitative estimate of drug-likeness (QED) is 0.272. The molecule has 0 spiro atoms. The first kappa shape index (κ1) is 27.1. The first-order valence-corrected chi connectivity index (χ1v) is 15.8. The second-order valence-corrected chi connectivity index (χ2v) is 12.8. The van der Waals surface area contributed by atoms with Crippen molar-refractivity contribution in [3.63, 3.8) is 0 Å². The number of aromatic amines is 1. The van der Waals surface area contributed by atoms with E-state index in [1.165, 1.54) is 56.9 Å². The van der Waals surface area contributed by atoms with E-state index in [2.05, 4.69) is 49.8 Å². The first-order chi connectivity index (χ1) is 20.5. The molecule has 1 unspecified atom stereocenters. The standard InChI is InChI=1S/C31H41N9O2/c1-19-11-13-21(14-12-19)18-40-25-26(33-20(2)22-7-5-8-22)34-28(29-37-31(41)42-38-29)35-27(25)36-30(40)39-16-4-3-10-24(39)23-9-6-15-32-17-23/h6,9,15,17,19-22,24H,3-5,7-8,10-14,16,18H2,1-2H3,(H,33,34,35)(H,37,38,41)/t19?,20-,21?,24?/m1/s1.